The van der Waals surface area contributed by atoms with Crippen LogP contribution in [0.5, 0.6) is 0 Å². The molecule has 5 rings (SSSR count). The van der Waals surface area contributed by atoms with Crippen LogP contribution in [0.3, 0.4) is 0 Å². The molecule has 1 saturated heterocycles. The molecule has 9 nitrogen and oxygen atoms in total. The molecule has 12 heteroatoms. The van der Waals surface area contributed by atoms with Crippen LogP contribution in [0.4, 0.5) is 5.82 Å². The molecule has 0 bridgehead atoms. The van der Waals surface area contributed by atoms with Crippen LogP contribution < -0.4 is 4.90 Å². The van der Waals surface area contributed by atoms with E-state index in [4.69, 9.17) is 14.1 Å². The Balaban J connectivity index is 1.79. The summed E-state index contributed by atoms with van der Waals surface area (Å²) in [6.45, 7) is 8.37. The van der Waals surface area contributed by atoms with Gasteiger partial charge in [-0.2, -0.15) is 9.47 Å². The van der Waals surface area contributed by atoms with E-state index in [2.05, 4.69) is 61.4 Å². The lowest BCUT2D eigenvalue weighted by Gasteiger charge is -2.34. The van der Waals surface area contributed by atoms with Crippen LogP contribution in [0.1, 0.15) is 18.3 Å². The molecule has 1 aliphatic heterocycles. The van der Waals surface area contributed by atoms with Crippen molar-refractivity contribution in [3.05, 3.63) is 23.5 Å². The third-order valence-corrected chi connectivity index (χ3v) is 8.22. The maximum absolute atomic E-state index is 5.66. The van der Waals surface area contributed by atoms with Crippen molar-refractivity contribution in [3.8, 4) is 22.6 Å². The molecular weight excluding hydrogens is 546 g/mol. The fraction of sp³-hybridized carbons (Fsp3) is 0.421. The van der Waals surface area contributed by atoms with Crippen LogP contribution in [0.15, 0.2) is 12.1 Å². The average molecular weight is 568 g/mol. The highest BCUT2D eigenvalue weighted by molar-refractivity contribution is 14.2. The number of halogens is 1. The SMILES string of the molecule is Cc1cc(-c2nsc3c(-c4c(C)nnn4C)cc(N4CCOC[C@H]4C)nc23)n(PI)n1. The van der Waals surface area contributed by atoms with Crippen LogP contribution in [0.25, 0.3) is 32.9 Å². The maximum atomic E-state index is 5.66. The lowest BCUT2D eigenvalue weighted by Crippen LogP contribution is -2.44. The molecule has 1 aliphatic rings. The second kappa shape index (κ2) is 8.34. The predicted octanol–water partition coefficient (Wildman–Crippen LogP) is 3.98. The van der Waals surface area contributed by atoms with E-state index in [-0.39, 0.29) is 6.04 Å². The van der Waals surface area contributed by atoms with Gasteiger partial charge in [-0.25, -0.2) is 14.1 Å². The first-order valence-corrected chi connectivity index (χ1v) is 14.8. The van der Waals surface area contributed by atoms with Gasteiger partial charge in [-0.3, -0.25) is 0 Å². The molecule has 0 amide bonds. The summed E-state index contributed by atoms with van der Waals surface area (Å²) in [4.78, 5) is 7.44. The molecule has 2 atom stereocenters. The number of hydrogen-bond donors (Lipinski definition) is 0. The zero-order chi connectivity index (χ0) is 21.7. The molecule has 4 aromatic heterocycles. The molecule has 0 radical (unpaired) electrons. The van der Waals surface area contributed by atoms with E-state index in [1.807, 2.05) is 30.0 Å². The Morgan fingerprint density at radius 2 is 2.13 bits per heavy atom. The summed E-state index contributed by atoms with van der Waals surface area (Å²) >= 11 is 3.82. The van der Waals surface area contributed by atoms with E-state index in [9.17, 15) is 0 Å². The molecule has 162 valence electrons. The second-order valence-corrected chi connectivity index (χ2v) is 10.5. The predicted molar refractivity (Wildman–Crippen MR) is 133 cm³/mol. The van der Waals surface area contributed by atoms with Crippen molar-refractivity contribution < 1.29 is 4.74 Å². The van der Waals surface area contributed by atoms with Crippen molar-refractivity contribution in [1.29, 1.82) is 0 Å². The topological polar surface area (TPSA) is 86.8 Å². The molecule has 0 N–H and O–H groups in total. The number of ether oxygens (including phenoxy) is 1. The molecule has 4 aromatic rings. The second-order valence-electron chi connectivity index (χ2n) is 7.67. The Morgan fingerprint density at radius 1 is 1.29 bits per heavy atom. The van der Waals surface area contributed by atoms with Gasteiger partial charge in [0.05, 0.1) is 53.1 Å². The summed E-state index contributed by atoms with van der Waals surface area (Å²) in [6, 6.07) is 4.49. The van der Waals surface area contributed by atoms with Gasteiger partial charge in [0.25, 0.3) is 0 Å². The third kappa shape index (κ3) is 3.65. The Kier molecular flexibility index (Phi) is 5.70. The summed E-state index contributed by atoms with van der Waals surface area (Å²) in [6.07, 6.45) is 0.489. The quantitative estimate of drug-likeness (QED) is 0.272. The lowest BCUT2D eigenvalue weighted by molar-refractivity contribution is 0.0986. The van der Waals surface area contributed by atoms with Gasteiger partial charge in [-0.05, 0) is 66.5 Å². The van der Waals surface area contributed by atoms with Gasteiger partial charge in [-0.15, -0.1) is 5.10 Å². The third-order valence-electron chi connectivity index (χ3n) is 5.48. The van der Waals surface area contributed by atoms with Crippen LogP contribution >= 0.6 is 39.9 Å². The zero-order valence-corrected chi connectivity index (χ0v) is 21.6. The number of hydrogen-bond acceptors (Lipinski definition) is 8. The van der Waals surface area contributed by atoms with Gasteiger partial charge in [0.15, 0.2) is 0 Å². The van der Waals surface area contributed by atoms with Gasteiger partial charge in [-0.1, -0.05) is 5.21 Å². The summed E-state index contributed by atoms with van der Waals surface area (Å²) in [7, 11) is 1.93. The van der Waals surface area contributed by atoms with Crippen molar-refractivity contribution >= 4 is 56.0 Å². The fourth-order valence-electron chi connectivity index (χ4n) is 4.03. The Labute approximate surface area is 198 Å². The number of aromatic nitrogens is 7. The Bertz CT molecular complexity index is 1250. The highest BCUT2D eigenvalue weighted by Gasteiger charge is 2.26. The molecule has 1 unspecified atom stereocenters. The van der Waals surface area contributed by atoms with Crippen LogP contribution in [-0.4, -0.2) is 59.7 Å². The molecule has 5 heterocycles. The minimum Gasteiger partial charge on any atom is -0.377 e. The highest BCUT2D eigenvalue weighted by Crippen LogP contribution is 2.41. The summed E-state index contributed by atoms with van der Waals surface area (Å²) < 4.78 is 15.4. The lowest BCUT2D eigenvalue weighted by atomic mass is 10.1. The van der Waals surface area contributed by atoms with Crippen molar-refractivity contribution in [2.75, 3.05) is 24.7 Å². The minimum atomic E-state index is 0.246. The standard InChI is InChI=1S/C19H22IN8OPS/c1-10-7-14(28(23-10)30-20)16-17-19(31-24-16)13(18-12(3)22-25-26(18)4)8-15(21-17)27-5-6-29-9-11(27)2/h7-8,11,30H,5-6,9H2,1-4H3/t11-/m1/s1. The number of fused-ring (bicyclic) bond motifs is 1. The summed E-state index contributed by atoms with van der Waals surface area (Å²) in [5, 5.41) is 13.1. The minimum absolute atomic E-state index is 0.246. The number of nitrogens with zero attached hydrogens (tertiary/aromatic N) is 8. The maximum Gasteiger partial charge on any atom is 0.130 e. The number of rotatable bonds is 4. The number of morpholine rings is 1. The summed E-state index contributed by atoms with van der Waals surface area (Å²) in [5.74, 6) is 0.931. The molecule has 31 heavy (non-hydrogen) atoms. The zero-order valence-electron chi connectivity index (χ0n) is 17.6. The largest absolute Gasteiger partial charge is 0.377 e. The van der Waals surface area contributed by atoms with Gasteiger partial charge in [0.1, 0.15) is 17.0 Å². The van der Waals surface area contributed by atoms with E-state index in [1.54, 1.807) is 0 Å². The first kappa shape index (κ1) is 21.2. The first-order valence-electron chi connectivity index (χ1n) is 9.93. The normalized spacial score (nSPS) is 17.5. The Morgan fingerprint density at radius 3 is 2.84 bits per heavy atom. The van der Waals surface area contributed by atoms with Crippen molar-refractivity contribution in [3.63, 3.8) is 0 Å². The van der Waals surface area contributed by atoms with E-state index in [1.165, 1.54) is 11.5 Å². The molecule has 1 fully saturated rings. The van der Waals surface area contributed by atoms with E-state index in [0.29, 0.717) is 19.6 Å². The molecule has 0 saturated carbocycles. The average Bonchev–Trinajstić information content (AvgIpc) is 3.44. The van der Waals surface area contributed by atoms with Gasteiger partial charge in [0, 0.05) is 19.2 Å². The van der Waals surface area contributed by atoms with Gasteiger partial charge < -0.3 is 9.64 Å². The number of aryl methyl sites for hydroxylation is 3. The van der Waals surface area contributed by atoms with Crippen molar-refractivity contribution in [1.82, 2.24) is 33.9 Å². The molecule has 0 aromatic carbocycles. The fourth-order valence-corrected chi connectivity index (χ4v) is 6.43. The van der Waals surface area contributed by atoms with Crippen molar-refractivity contribution in [2.24, 2.45) is 7.05 Å². The molecule has 0 spiro atoms. The summed E-state index contributed by atoms with van der Waals surface area (Å²) in [5.41, 5.74) is 6.69. The van der Waals surface area contributed by atoms with Crippen LogP contribution in [0, 0.1) is 13.8 Å². The highest BCUT2D eigenvalue weighted by atomic mass is 127. The number of anilines is 1. The first-order chi connectivity index (χ1) is 15.0. The van der Waals surface area contributed by atoms with E-state index in [0.717, 1.165) is 56.6 Å². The van der Waals surface area contributed by atoms with Crippen molar-refractivity contribution in [2.45, 2.75) is 26.8 Å². The smallest absolute Gasteiger partial charge is 0.130 e. The van der Waals surface area contributed by atoms with E-state index >= 15 is 0 Å². The number of pyridine rings is 1. The monoisotopic (exact) mass is 568 g/mol. The van der Waals surface area contributed by atoms with Crippen LogP contribution in [0.2, 0.25) is 0 Å². The van der Waals surface area contributed by atoms with Gasteiger partial charge >= 0.3 is 0 Å². The Hall–Kier alpha value is -1.69. The van der Waals surface area contributed by atoms with Crippen LogP contribution in [-0.2, 0) is 11.8 Å². The van der Waals surface area contributed by atoms with E-state index < -0.39 is 0 Å². The molecule has 0 aliphatic carbocycles. The molecular formula is C19H22IN8OPS. The van der Waals surface area contributed by atoms with Gasteiger partial charge in [0.2, 0.25) is 0 Å².